The number of carbonyl (C=O) groups is 2. The van der Waals surface area contributed by atoms with Gasteiger partial charge in [0.05, 0.1) is 19.8 Å². The topological polar surface area (TPSA) is 155 Å². The van der Waals surface area contributed by atoms with Crippen molar-refractivity contribution in [1.29, 1.82) is 0 Å². The van der Waals surface area contributed by atoms with Gasteiger partial charge in [0.1, 0.15) is 12.1 Å². The Bertz CT molecular complexity index is 1250. The molecule has 0 aliphatic heterocycles. The van der Waals surface area contributed by atoms with Gasteiger partial charge in [-0.15, -0.1) is 0 Å². The quantitative estimate of drug-likeness (QED) is 0.0232. The minimum atomic E-state index is -4.63. The number of carboxylic acids is 1. The van der Waals surface area contributed by atoms with E-state index in [1.54, 1.807) is 0 Å². The average molecular weight is 922 g/mol. The molecule has 11 heteroatoms. The highest BCUT2D eigenvalue weighted by molar-refractivity contribution is 7.47. The van der Waals surface area contributed by atoms with Gasteiger partial charge in [0, 0.05) is 13.0 Å². The molecule has 0 aromatic heterocycles. The molecule has 0 aliphatic rings. The summed E-state index contributed by atoms with van der Waals surface area (Å²) < 4.78 is 33.5. The smallest absolute Gasteiger partial charge is 0.472 e. The minimum absolute atomic E-state index is 0.00815. The third-order valence-corrected chi connectivity index (χ3v) is 12.0. The second-order valence-corrected chi connectivity index (χ2v) is 18.7. The van der Waals surface area contributed by atoms with Gasteiger partial charge >= 0.3 is 19.8 Å². The molecule has 0 amide bonds. The van der Waals surface area contributed by atoms with Crippen molar-refractivity contribution in [3.05, 3.63) is 60.8 Å². The van der Waals surface area contributed by atoms with Gasteiger partial charge in [-0.2, -0.15) is 0 Å². The van der Waals surface area contributed by atoms with E-state index in [2.05, 4.69) is 74.6 Å². The second-order valence-electron chi connectivity index (χ2n) is 17.3. The van der Waals surface area contributed by atoms with Gasteiger partial charge in [0.25, 0.3) is 0 Å². The van der Waals surface area contributed by atoms with E-state index in [1.807, 2.05) is 0 Å². The number of phosphoric acid groups is 1. The van der Waals surface area contributed by atoms with E-state index in [0.717, 1.165) is 70.6 Å². The SMILES string of the molecule is CCCCCC/C=C\C/C=C\CCCCCCCCCCOCC(COP(=O)(O)OCC(N)C(=O)O)OC(=O)CCCCCCCCCC/C=C\C/C=C\C/C=C\CCCCCCC. The Morgan fingerprint density at radius 1 is 0.500 bits per heavy atom. The molecule has 0 saturated carbocycles. The van der Waals surface area contributed by atoms with E-state index in [4.69, 9.17) is 29.4 Å². The molecule has 0 rings (SSSR count). The van der Waals surface area contributed by atoms with Crippen LogP contribution >= 0.6 is 7.82 Å². The number of hydrogen-bond acceptors (Lipinski definition) is 8. The lowest BCUT2D eigenvalue weighted by Crippen LogP contribution is -2.34. The van der Waals surface area contributed by atoms with Crippen molar-refractivity contribution in [3.8, 4) is 0 Å². The molecule has 0 aromatic carbocycles. The summed E-state index contributed by atoms with van der Waals surface area (Å²) in [6.45, 7) is 3.85. The first-order valence-electron chi connectivity index (χ1n) is 25.8. The van der Waals surface area contributed by atoms with Crippen LogP contribution in [0.5, 0.6) is 0 Å². The summed E-state index contributed by atoms with van der Waals surface area (Å²) in [5.41, 5.74) is 5.37. The molecule has 0 radical (unpaired) electrons. The molecule has 0 fully saturated rings. The highest BCUT2D eigenvalue weighted by Crippen LogP contribution is 2.43. The Hall–Kier alpha value is -2.33. The zero-order valence-corrected chi connectivity index (χ0v) is 41.8. The Morgan fingerprint density at radius 2 is 0.859 bits per heavy atom. The predicted octanol–water partition coefficient (Wildman–Crippen LogP) is 15.2. The van der Waals surface area contributed by atoms with Crippen LogP contribution < -0.4 is 5.73 Å². The van der Waals surface area contributed by atoms with Crippen LogP contribution in [-0.4, -0.2) is 60.5 Å². The first-order chi connectivity index (χ1) is 31.2. The Morgan fingerprint density at radius 3 is 1.30 bits per heavy atom. The number of carbonyl (C=O) groups excluding carboxylic acids is 1. The molecule has 0 heterocycles. The van der Waals surface area contributed by atoms with Gasteiger partial charge in [0.2, 0.25) is 0 Å². The van der Waals surface area contributed by atoms with Crippen LogP contribution in [0, 0.1) is 0 Å². The lowest BCUT2D eigenvalue weighted by molar-refractivity contribution is -0.154. The fourth-order valence-corrected chi connectivity index (χ4v) is 7.77. The molecule has 0 spiro atoms. The van der Waals surface area contributed by atoms with E-state index in [-0.39, 0.29) is 13.0 Å². The Balaban J connectivity index is 4.18. The summed E-state index contributed by atoms with van der Waals surface area (Å²) in [4.78, 5) is 33.7. The fraction of sp³-hybridized carbons (Fsp3) is 0.774. The standard InChI is InChI=1S/C53H96NO9P/c1-3-5-7-9-11-13-15-17-19-21-23-24-25-26-27-29-31-33-35-37-39-41-43-45-52(55)63-50(48-61-64(58,59)62-49-51(54)53(56)57)47-60-46-44-42-40-38-36-34-32-30-28-22-20-18-16-14-12-10-8-6-4-2/h14-17,20-23,25-26,50-51H,3-13,18-19,24,27-49,54H2,1-2H3,(H,56,57)(H,58,59)/b16-14-,17-15-,22-20-,23-21-,26-25-. The number of phosphoric ester groups is 1. The highest BCUT2D eigenvalue weighted by atomic mass is 31.2. The number of nitrogens with two attached hydrogens (primary N) is 1. The largest absolute Gasteiger partial charge is 0.480 e. The maximum absolute atomic E-state index is 12.7. The molecule has 3 atom stereocenters. The van der Waals surface area contributed by atoms with Crippen LogP contribution in [0.25, 0.3) is 0 Å². The molecule has 64 heavy (non-hydrogen) atoms. The van der Waals surface area contributed by atoms with Crippen LogP contribution in [-0.2, 0) is 32.7 Å². The molecule has 0 aromatic rings. The molecule has 0 bridgehead atoms. The Kier molecular flexibility index (Phi) is 46.8. The molecule has 372 valence electrons. The van der Waals surface area contributed by atoms with Crippen LogP contribution in [0.4, 0.5) is 0 Å². The van der Waals surface area contributed by atoms with E-state index < -0.39 is 45.1 Å². The number of hydrogen-bond donors (Lipinski definition) is 3. The summed E-state index contributed by atoms with van der Waals surface area (Å²) in [6.07, 6.45) is 59.8. The summed E-state index contributed by atoms with van der Waals surface area (Å²) in [5, 5.41) is 8.93. The number of aliphatic carboxylic acids is 1. The van der Waals surface area contributed by atoms with Crippen molar-refractivity contribution >= 4 is 19.8 Å². The van der Waals surface area contributed by atoms with E-state index >= 15 is 0 Å². The van der Waals surface area contributed by atoms with Gasteiger partial charge in [-0.25, -0.2) is 4.57 Å². The number of rotatable bonds is 49. The van der Waals surface area contributed by atoms with Crippen LogP contribution in [0.1, 0.15) is 226 Å². The van der Waals surface area contributed by atoms with Crippen molar-refractivity contribution in [2.45, 2.75) is 238 Å². The monoisotopic (exact) mass is 922 g/mol. The van der Waals surface area contributed by atoms with Gasteiger partial charge < -0.3 is 25.2 Å². The summed E-state index contributed by atoms with van der Waals surface area (Å²) in [7, 11) is -4.63. The highest BCUT2D eigenvalue weighted by Gasteiger charge is 2.27. The average Bonchev–Trinajstić information content (AvgIpc) is 3.28. The predicted molar refractivity (Wildman–Crippen MR) is 267 cm³/mol. The summed E-state index contributed by atoms with van der Waals surface area (Å²) in [6, 6.07) is -1.48. The normalized spacial score (nSPS) is 14.2. The van der Waals surface area contributed by atoms with E-state index in [1.165, 1.54) is 128 Å². The lowest BCUT2D eigenvalue weighted by atomic mass is 10.1. The first-order valence-corrected chi connectivity index (χ1v) is 27.3. The maximum Gasteiger partial charge on any atom is 0.472 e. The van der Waals surface area contributed by atoms with Gasteiger partial charge in [-0.3, -0.25) is 18.6 Å². The first kappa shape index (κ1) is 61.7. The van der Waals surface area contributed by atoms with E-state index in [9.17, 15) is 19.0 Å². The molecule has 10 nitrogen and oxygen atoms in total. The molecule has 0 aliphatic carbocycles. The van der Waals surface area contributed by atoms with E-state index in [0.29, 0.717) is 13.0 Å². The fourth-order valence-electron chi connectivity index (χ4n) is 6.99. The summed E-state index contributed by atoms with van der Waals surface area (Å²) in [5.74, 6) is -1.79. The number of esters is 1. The van der Waals surface area contributed by atoms with Crippen molar-refractivity contribution in [1.82, 2.24) is 0 Å². The third-order valence-electron chi connectivity index (χ3n) is 11.0. The zero-order chi connectivity index (χ0) is 46.9. The Labute approximate surface area is 392 Å². The lowest BCUT2D eigenvalue weighted by Gasteiger charge is -2.20. The molecular weight excluding hydrogens is 826 g/mol. The number of carboxylic acid groups (broad SMARTS) is 1. The van der Waals surface area contributed by atoms with Gasteiger partial charge in [0.15, 0.2) is 0 Å². The van der Waals surface area contributed by atoms with Gasteiger partial charge in [-0.1, -0.05) is 197 Å². The van der Waals surface area contributed by atoms with Gasteiger partial charge in [-0.05, 0) is 83.5 Å². The number of allylic oxidation sites excluding steroid dienone is 10. The van der Waals surface area contributed by atoms with Crippen LogP contribution in [0.2, 0.25) is 0 Å². The molecule has 0 saturated heterocycles. The molecule has 3 unspecified atom stereocenters. The summed E-state index contributed by atoms with van der Waals surface area (Å²) >= 11 is 0. The van der Waals surface area contributed by atoms with Crippen molar-refractivity contribution < 1.29 is 42.7 Å². The van der Waals surface area contributed by atoms with Crippen LogP contribution in [0.3, 0.4) is 0 Å². The molecule has 4 N–H and O–H groups in total. The number of ether oxygens (including phenoxy) is 2. The van der Waals surface area contributed by atoms with Crippen molar-refractivity contribution in [2.24, 2.45) is 5.73 Å². The zero-order valence-electron chi connectivity index (χ0n) is 40.9. The van der Waals surface area contributed by atoms with Crippen molar-refractivity contribution in [3.63, 3.8) is 0 Å². The minimum Gasteiger partial charge on any atom is -0.480 e. The second kappa shape index (κ2) is 48.6. The number of unbranched alkanes of at least 4 members (excludes halogenated alkanes) is 25. The van der Waals surface area contributed by atoms with Crippen LogP contribution in [0.15, 0.2) is 60.8 Å². The maximum atomic E-state index is 12.7. The van der Waals surface area contributed by atoms with Crippen molar-refractivity contribution in [2.75, 3.05) is 26.4 Å². The molecular formula is C53H96NO9P. The third kappa shape index (κ3) is 47.6.